The minimum absolute atomic E-state index is 0.141. The number of aliphatic hydroxyl groups excluding tert-OH is 1. The van der Waals surface area contributed by atoms with Gasteiger partial charge < -0.3 is 15.7 Å². The van der Waals surface area contributed by atoms with Crippen LogP contribution >= 0.6 is 0 Å². The van der Waals surface area contributed by atoms with E-state index >= 15 is 0 Å². The standard InChI is InChI=1S/C8H18N2O/c1-10(2)7(5-11)8(9)6-3-4-6/h6-8,11H,3-5,9H2,1-2H3. The van der Waals surface area contributed by atoms with E-state index in [2.05, 4.69) is 0 Å². The number of hydrogen-bond acceptors (Lipinski definition) is 3. The van der Waals surface area contributed by atoms with Crippen LogP contribution in [-0.2, 0) is 0 Å². The summed E-state index contributed by atoms with van der Waals surface area (Å²) < 4.78 is 0. The normalized spacial score (nSPS) is 23.7. The summed E-state index contributed by atoms with van der Waals surface area (Å²) in [4.78, 5) is 2.00. The van der Waals surface area contributed by atoms with Crippen molar-refractivity contribution >= 4 is 0 Å². The Balaban J connectivity index is 2.38. The number of rotatable bonds is 4. The molecule has 3 nitrogen and oxygen atoms in total. The summed E-state index contributed by atoms with van der Waals surface area (Å²) in [5.74, 6) is 0.662. The van der Waals surface area contributed by atoms with E-state index < -0.39 is 0 Å². The van der Waals surface area contributed by atoms with Crippen molar-refractivity contribution in [2.75, 3.05) is 20.7 Å². The quantitative estimate of drug-likeness (QED) is 0.588. The molecule has 1 fully saturated rings. The number of likely N-dealkylation sites (N-methyl/N-ethyl adjacent to an activating group) is 1. The molecule has 1 rings (SSSR count). The van der Waals surface area contributed by atoms with Crippen LogP contribution in [0.15, 0.2) is 0 Å². The molecule has 1 saturated carbocycles. The Bertz CT molecular complexity index is 123. The average Bonchev–Trinajstić information content (AvgIpc) is 2.68. The van der Waals surface area contributed by atoms with Crippen molar-refractivity contribution < 1.29 is 5.11 Å². The summed E-state index contributed by atoms with van der Waals surface area (Å²) in [7, 11) is 3.92. The van der Waals surface area contributed by atoms with E-state index in [1.807, 2.05) is 19.0 Å². The summed E-state index contributed by atoms with van der Waals surface area (Å²) in [6, 6.07) is 0.303. The fraction of sp³-hybridized carbons (Fsp3) is 1.00. The van der Waals surface area contributed by atoms with Crippen LogP contribution in [0.2, 0.25) is 0 Å². The van der Waals surface area contributed by atoms with Crippen molar-refractivity contribution in [1.29, 1.82) is 0 Å². The largest absolute Gasteiger partial charge is 0.395 e. The average molecular weight is 158 g/mol. The van der Waals surface area contributed by atoms with Gasteiger partial charge in [0.2, 0.25) is 0 Å². The van der Waals surface area contributed by atoms with E-state index in [0.29, 0.717) is 5.92 Å². The second-order valence-corrected chi connectivity index (χ2v) is 3.63. The molecule has 0 spiro atoms. The molecule has 0 aromatic heterocycles. The highest BCUT2D eigenvalue weighted by Crippen LogP contribution is 2.33. The van der Waals surface area contributed by atoms with Gasteiger partial charge in [0, 0.05) is 12.1 Å². The van der Waals surface area contributed by atoms with Crippen LogP contribution < -0.4 is 5.73 Å². The molecule has 0 amide bonds. The van der Waals surface area contributed by atoms with Crippen LogP contribution in [0.1, 0.15) is 12.8 Å². The van der Waals surface area contributed by atoms with Gasteiger partial charge in [-0.25, -0.2) is 0 Å². The van der Waals surface area contributed by atoms with Crippen LogP contribution in [0.4, 0.5) is 0 Å². The van der Waals surface area contributed by atoms with Gasteiger partial charge in [0.05, 0.1) is 6.61 Å². The van der Waals surface area contributed by atoms with E-state index in [1.54, 1.807) is 0 Å². The third kappa shape index (κ3) is 2.15. The molecule has 11 heavy (non-hydrogen) atoms. The molecule has 0 aliphatic heterocycles. The zero-order valence-corrected chi connectivity index (χ0v) is 7.33. The topological polar surface area (TPSA) is 49.5 Å². The molecule has 1 aliphatic rings. The molecule has 0 saturated heterocycles. The Morgan fingerprint density at radius 3 is 2.36 bits per heavy atom. The summed E-state index contributed by atoms with van der Waals surface area (Å²) in [6.07, 6.45) is 2.48. The predicted molar refractivity (Wildman–Crippen MR) is 45.3 cm³/mol. The maximum Gasteiger partial charge on any atom is 0.0601 e. The Morgan fingerprint density at radius 1 is 1.55 bits per heavy atom. The third-order valence-corrected chi connectivity index (χ3v) is 2.46. The molecule has 2 atom stereocenters. The summed E-state index contributed by atoms with van der Waals surface area (Å²) in [5.41, 5.74) is 5.93. The van der Waals surface area contributed by atoms with Crippen LogP contribution in [0, 0.1) is 5.92 Å². The van der Waals surface area contributed by atoms with Gasteiger partial charge in [0.15, 0.2) is 0 Å². The SMILES string of the molecule is CN(C)C(CO)C(N)C1CC1. The van der Waals surface area contributed by atoms with Crippen molar-refractivity contribution in [3.05, 3.63) is 0 Å². The first kappa shape index (κ1) is 8.97. The molecule has 0 aromatic carbocycles. The Morgan fingerprint density at radius 2 is 2.09 bits per heavy atom. The summed E-state index contributed by atoms with van der Waals surface area (Å²) >= 11 is 0. The van der Waals surface area contributed by atoms with Crippen molar-refractivity contribution in [3.8, 4) is 0 Å². The molecule has 3 heteroatoms. The fourth-order valence-corrected chi connectivity index (χ4v) is 1.42. The summed E-state index contributed by atoms with van der Waals surface area (Å²) in [5, 5.41) is 9.02. The number of aliphatic hydroxyl groups is 1. The summed E-state index contributed by atoms with van der Waals surface area (Å²) in [6.45, 7) is 0.171. The van der Waals surface area contributed by atoms with Crippen LogP contribution in [-0.4, -0.2) is 42.8 Å². The zero-order chi connectivity index (χ0) is 8.43. The number of hydrogen-bond donors (Lipinski definition) is 2. The highest BCUT2D eigenvalue weighted by Gasteiger charge is 2.34. The van der Waals surface area contributed by atoms with Gasteiger partial charge in [-0.3, -0.25) is 0 Å². The Labute approximate surface area is 68.2 Å². The smallest absolute Gasteiger partial charge is 0.0601 e. The molecule has 0 aromatic rings. The monoisotopic (exact) mass is 158 g/mol. The van der Waals surface area contributed by atoms with Crippen molar-refractivity contribution in [1.82, 2.24) is 4.90 Å². The highest BCUT2D eigenvalue weighted by molar-refractivity contribution is 4.91. The third-order valence-electron chi connectivity index (χ3n) is 2.46. The highest BCUT2D eigenvalue weighted by atomic mass is 16.3. The Hall–Kier alpha value is -0.120. The zero-order valence-electron chi connectivity index (χ0n) is 7.33. The van der Waals surface area contributed by atoms with Gasteiger partial charge in [0.25, 0.3) is 0 Å². The van der Waals surface area contributed by atoms with E-state index in [4.69, 9.17) is 10.8 Å². The molecular weight excluding hydrogens is 140 g/mol. The van der Waals surface area contributed by atoms with Crippen LogP contribution in [0.5, 0.6) is 0 Å². The van der Waals surface area contributed by atoms with Crippen LogP contribution in [0.3, 0.4) is 0 Å². The van der Waals surface area contributed by atoms with Gasteiger partial charge in [-0.05, 0) is 32.9 Å². The van der Waals surface area contributed by atoms with Gasteiger partial charge in [-0.1, -0.05) is 0 Å². The lowest BCUT2D eigenvalue weighted by Gasteiger charge is -2.27. The Kier molecular flexibility index (Phi) is 2.87. The maximum absolute atomic E-state index is 9.02. The second-order valence-electron chi connectivity index (χ2n) is 3.63. The first-order valence-corrected chi connectivity index (χ1v) is 4.19. The lowest BCUT2D eigenvalue weighted by molar-refractivity contribution is 0.141. The molecule has 66 valence electrons. The van der Waals surface area contributed by atoms with Gasteiger partial charge >= 0.3 is 0 Å². The number of nitrogens with zero attached hydrogens (tertiary/aromatic N) is 1. The van der Waals surface area contributed by atoms with Crippen molar-refractivity contribution in [3.63, 3.8) is 0 Å². The van der Waals surface area contributed by atoms with E-state index in [-0.39, 0.29) is 18.7 Å². The van der Waals surface area contributed by atoms with E-state index in [1.165, 1.54) is 12.8 Å². The van der Waals surface area contributed by atoms with Gasteiger partial charge in [-0.2, -0.15) is 0 Å². The van der Waals surface area contributed by atoms with Crippen molar-refractivity contribution in [2.24, 2.45) is 11.7 Å². The van der Waals surface area contributed by atoms with Gasteiger partial charge in [0.1, 0.15) is 0 Å². The molecule has 0 radical (unpaired) electrons. The minimum Gasteiger partial charge on any atom is -0.395 e. The maximum atomic E-state index is 9.02. The first-order chi connectivity index (χ1) is 5.16. The first-order valence-electron chi connectivity index (χ1n) is 4.19. The molecule has 0 heterocycles. The lowest BCUT2D eigenvalue weighted by atomic mass is 10.0. The lowest BCUT2D eigenvalue weighted by Crippen LogP contribution is -2.48. The fourth-order valence-electron chi connectivity index (χ4n) is 1.42. The number of nitrogens with two attached hydrogens (primary N) is 1. The van der Waals surface area contributed by atoms with E-state index in [0.717, 1.165) is 0 Å². The van der Waals surface area contributed by atoms with Crippen molar-refractivity contribution in [2.45, 2.75) is 24.9 Å². The minimum atomic E-state index is 0.141. The van der Waals surface area contributed by atoms with Crippen LogP contribution in [0.25, 0.3) is 0 Å². The second kappa shape index (κ2) is 3.52. The molecular formula is C8H18N2O. The molecule has 3 N–H and O–H groups in total. The van der Waals surface area contributed by atoms with E-state index in [9.17, 15) is 0 Å². The molecule has 0 bridgehead atoms. The molecule has 2 unspecified atom stereocenters. The molecule has 1 aliphatic carbocycles. The van der Waals surface area contributed by atoms with Gasteiger partial charge in [-0.15, -0.1) is 0 Å². The predicted octanol–water partition coefficient (Wildman–Crippen LogP) is -0.354.